The zero-order valence-electron chi connectivity index (χ0n) is 10.6. The van der Waals surface area contributed by atoms with Crippen LogP contribution < -0.4 is 4.74 Å². The maximum absolute atomic E-state index is 12.7. The van der Waals surface area contributed by atoms with Crippen LogP contribution in [0.3, 0.4) is 0 Å². The predicted octanol–water partition coefficient (Wildman–Crippen LogP) is 3.37. The van der Waals surface area contributed by atoms with Crippen LogP contribution in [0.25, 0.3) is 0 Å². The van der Waals surface area contributed by atoms with Crippen molar-refractivity contribution >= 4 is 5.97 Å². The zero-order valence-corrected chi connectivity index (χ0v) is 10.6. The third kappa shape index (κ3) is 4.15. The molecule has 0 aliphatic carbocycles. The van der Waals surface area contributed by atoms with Gasteiger partial charge in [-0.05, 0) is 36.6 Å². The van der Waals surface area contributed by atoms with Crippen molar-refractivity contribution in [3.8, 4) is 5.75 Å². The van der Waals surface area contributed by atoms with Gasteiger partial charge in [-0.1, -0.05) is 6.92 Å². The summed E-state index contributed by atoms with van der Waals surface area (Å²) in [6, 6.07) is 3.29. The largest absolute Gasteiger partial charge is 0.497 e. The molecule has 0 aromatic heterocycles. The van der Waals surface area contributed by atoms with Crippen molar-refractivity contribution in [2.45, 2.75) is 25.9 Å². The molecule has 0 fully saturated rings. The Morgan fingerprint density at radius 3 is 2.42 bits per heavy atom. The highest BCUT2D eigenvalue weighted by Gasteiger charge is 2.31. The first-order valence-electron chi connectivity index (χ1n) is 5.75. The Balaban J connectivity index is 3.10. The van der Waals surface area contributed by atoms with Crippen LogP contribution in [-0.2, 0) is 17.4 Å². The van der Waals surface area contributed by atoms with Gasteiger partial charge in [-0.25, -0.2) is 0 Å². The van der Waals surface area contributed by atoms with Gasteiger partial charge in [-0.3, -0.25) is 4.79 Å². The van der Waals surface area contributed by atoms with E-state index in [9.17, 15) is 18.0 Å². The minimum Gasteiger partial charge on any atom is -0.497 e. The lowest BCUT2D eigenvalue weighted by atomic mass is 9.95. The molecule has 0 bridgehead atoms. The van der Waals surface area contributed by atoms with E-state index in [4.69, 9.17) is 9.84 Å². The second-order valence-electron chi connectivity index (χ2n) is 4.22. The van der Waals surface area contributed by atoms with Crippen LogP contribution in [0.15, 0.2) is 18.2 Å². The highest BCUT2D eigenvalue weighted by Crippen LogP contribution is 2.33. The summed E-state index contributed by atoms with van der Waals surface area (Å²) in [5.74, 6) is -1.64. The highest BCUT2D eigenvalue weighted by molar-refractivity contribution is 5.70. The number of alkyl halides is 3. The third-order valence-electron chi connectivity index (χ3n) is 2.85. The van der Waals surface area contributed by atoms with Gasteiger partial charge in [0.25, 0.3) is 0 Å². The minimum atomic E-state index is -4.48. The van der Waals surface area contributed by atoms with Crippen LogP contribution in [0, 0.1) is 5.92 Å². The van der Waals surface area contributed by atoms with Crippen molar-refractivity contribution < 1.29 is 27.8 Å². The average molecular weight is 276 g/mol. The first-order chi connectivity index (χ1) is 8.77. The molecule has 1 aromatic carbocycles. The Morgan fingerprint density at radius 1 is 1.37 bits per heavy atom. The lowest BCUT2D eigenvalue weighted by molar-refractivity contribution is -0.141. The van der Waals surface area contributed by atoms with E-state index in [1.807, 2.05) is 0 Å². The molecule has 0 spiro atoms. The van der Waals surface area contributed by atoms with E-state index in [1.165, 1.54) is 13.2 Å². The monoisotopic (exact) mass is 276 g/mol. The summed E-state index contributed by atoms with van der Waals surface area (Å²) in [5.41, 5.74) is -0.525. The molecule has 0 aliphatic rings. The zero-order chi connectivity index (χ0) is 14.6. The van der Waals surface area contributed by atoms with E-state index in [0.717, 1.165) is 12.1 Å². The quantitative estimate of drug-likeness (QED) is 0.897. The first-order valence-corrected chi connectivity index (χ1v) is 5.75. The molecule has 106 valence electrons. The second kappa shape index (κ2) is 5.95. The Morgan fingerprint density at radius 2 is 2.00 bits per heavy atom. The number of benzene rings is 1. The molecule has 1 unspecified atom stereocenters. The fourth-order valence-electron chi connectivity index (χ4n) is 1.75. The first kappa shape index (κ1) is 15.3. The smallest absolute Gasteiger partial charge is 0.416 e. The summed E-state index contributed by atoms with van der Waals surface area (Å²) in [6.07, 6.45) is -4.08. The van der Waals surface area contributed by atoms with E-state index in [2.05, 4.69) is 0 Å². The Labute approximate surface area is 109 Å². The van der Waals surface area contributed by atoms with Crippen LogP contribution >= 0.6 is 0 Å². The third-order valence-corrected chi connectivity index (χ3v) is 2.85. The molecule has 1 N–H and O–H groups in total. The van der Waals surface area contributed by atoms with E-state index in [-0.39, 0.29) is 12.2 Å². The maximum Gasteiger partial charge on any atom is 0.416 e. The van der Waals surface area contributed by atoms with Gasteiger partial charge in [-0.2, -0.15) is 13.2 Å². The number of hydrogen-bond acceptors (Lipinski definition) is 2. The second-order valence-corrected chi connectivity index (χ2v) is 4.22. The number of rotatable bonds is 5. The lowest BCUT2D eigenvalue weighted by Gasteiger charge is -2.14. The van der Waals surface area contributed by atoms with Gasteiger partial charge >= 0.3 is 12.1 Å². The van der Waals surface area contributed by atoms with Crippen molar-refractivity contribution in [2.75, 3.05) is 7.11 Å². The molecule has 0 amide bonds. The van der Waals surface area contributed by atoms with Crippen LogP contribution in [0.2, 0.25) is 0 Å². The molecule has 19 heavy (non-hydrogen) atoms. The topological polar surface area (TPSA) is 46.5 Å². The average Bonchev–Trinajstić information content (AvgIpc) is 2.34. The number of carboxylic acids is 1. The fraction of sp³-hybridized carbons (Fsp3) is 0.462. The maximum atomic E-state index is 12.7. The van der Waals surface area contributed by atoms with E-state index < -0.39 is 23.6 Å². The number of halogens is 3. The Bertz CT molecular complexity index is 455. The normalized spacial score (nSPS) is 13.1. The van der Waals surface area contributed by atoms with Crippen molar-refractivity contribution in [1.82, 2.24) is 0 Å². The van der Waals surface area contributed by atoms with Crippen LogP contribution in [0.5, 0.6) is 5.75 Å². The molecule has 0 heterocycles. The van der Waals surface area contributed by atoms with Gasteiger partial charge in [0, 0.05) is 0 Å². The number of hydrogen-bond donors (Lipinski definition) is 1. The minimum absolute atomic E-state index is 0.0477. The van der Waals surface area contributed by atoms with Gasteiger partial charge in [0.15, 0.2) is 0 Å². The van der Waals surface area contributed by atoms with Crippen molar-refractivity contribution in [3.63, 3.8) is 0 Å². The Kier molecular flexibility index (Phi) is 4.80. The lowest BCUT2D eigenvalue weighted by Crippen LogP contribution is -2.16. The molecule has 0 saturated carbocycles. The standard InChI is InChI=1S/C13H15F3O3/c1-3-9(12(17)18)4-8-5-10(13(14,15)16)7-11(6-8)19-2/h5-7,9H,3-4H2,1-2H3,(H,17,18). The van der Waals surface area contributed by atoms with E-state index >= 15 is 0 Å². The van der Waals surface area contributed by atoms with Crippen molar-refractivity contribution in [3.05, 3.63) is 29.3 Å². The number of carbonyl (C=O) groups is 1. The van der Waals surface area contributed by atoms with Gasteiger partial charge in [0.05, 0.1) is 18.6 Å². The summed E-state index contributed by atoms with van der Waals surface area (Å²) in [5, 5.41) is 8.94. The predicted molar refractivity (Wildman–Crippen MR) is 63.1 cm³/mol. The van der Waals surface area contributed by atoms with Crippen LogP contribution in [0.1, 0.15) is 24.5 Å². The molecule has 0 aliphatic heterocycles. The Hall–Kier alpha value is -1.72. The molecule has 0 saturated heterocycles. The SMILES string of the molecule is CCC(Cc1cc(OC)cc(C(F)(F)F)c1)C(=O)O. The summed E-state index contributed by atoms with van der Waals surface area (Å²) >= 11 is 0. The molecule has 1 aromatic rings. The molecule has 1 rings (SSSR count). The van der Waals surface area contributed by atoms with Crippen molar-refractivity contribution in [1.29, 1.82) is 0 Å². The summed E-state index contributed by atoms with van der Waals surface area (Å²) in [4.78, 5) is 10.9. The number of aliphatic carboxylic acids is 1. The molecule has 0 radical (unpaired) electrons. The fourth-order valence-corrected chi connectivity index (χ4v) is 1.75. The van der Waals surface area contributed by atoms with Gasteiger partial charge in [-0.15, -0.1) is 0 Å². The summed E-state index contributed by atoms with van der Waals surface area (Å²) in [7, 11) is 1.27. The molecule has 6 heteroatoms. The molecular weight excluding hydrogens is 261 g/mol. The molecule has 3 nitrogen and oxygen atoms in total. The summed E-state index contributed by atoms with van der Waals surface area (Å²) < 4.78 is 42.9. The number of methoxy groups -OCH3 is 1. The van der Waals surface area contributed by atoms with Crippen molar-refractivity contribution in [2.24, 2.45) is 5.92 Å². The van der Waals surface area contributed by atoms with Crippen LogP contribution in [0.4, 0.5) is 13.2 Å². The van der Waals surface area contributed by atoms with Crippen LogP contribution in [-0.4, -0.2) is 18.2 Å². The summed E-state index contributed by atoms with van der Waals surface area (Å²) in [6.45, 7) is 1.68. The highest BCUT2D eigenvalue weighted by atomic mass is 19.4. The number of carboxylic acid groups (broad SMARTS) is 1. The van der Waals surface area contributed by atoms with Gasteiger partial charge in [0.2, 0.25) is 0 Å². The number of ether oxygens (including phenoxy) is 1. The van der Waals surface area contributed by atoms with Gasteiger partial charge < -0.3 is 9.84 Å². The van der Waals surface area contributed by atoms with E-state index in [0.29, 0.717) is 12.0 Å². The molecular formula is C13H15F3O3. The van der Waals surface area contributed by atoms with E-state index in [1.54, 1.807) is 6.92 Å². The van der Waals surface area contributed by atoms with Gasteiger partial charge in [0.1, 0.15) is 5.75 Å². The molecule has 1 atom stereocenters.